The molecule has 0 aliphatic heterocycles. The Kier molecular flexibility index (Phi) is 18.6. The van der Waals surface area contributed by atoms with Crippen molar-refractivity contribution < 1.29 is 43.0 Å². The third kappa shape index (κ3) is 11.2. The summed E-state index contributed by atoms with van der Waals surface area (Å²) in [7, 11) is 1.69. The molecule has 3 aliphatic rings. The molecule has 0 saturated carbocycles. The first-order chi connectivity index (χ1) is 38.5. The monoisotopic (exact) mass is 1050 g/mol. The molecule has 10 rings (SSSR count). The second-order valence-corrected chi connectivity index (χ2v) is 20.4. The maximum Gasteiger partial charge on any atom is 0.119 e. The smallest absolute Gasteiger partial charge is 0.119 e. The van der Waals surface area contributed by atoms with E-state index in [-0.39, 0.29) is 6.61 Å². The Morgan fingerprint density at radius 2 is 1.00 bits per heavy atom. The van der Waals surface area contributed by atoms with Gasteiger partial charge in [-0.15, -0.1) is 0 Å². The number of methoxy groups -OCH3 is 1. The van der Waals surface area contributed by atoms with Gasteiger partial charge in [0.25, 0.3) is 0 Å². The molecule has 11 heteroatoms. The number of anilines is 3. The summed E-state index contributed by atoms with van der Waals surface area (Å²) < 4.78 is 49.7. The van der Waals surface area contributed by atoms with Gasteiger partial charge in [0.1, 0.15) is 12.4 Å². The van der Waals surface area contributed by atoms with E-state index >= 15 is 0 Å². The molecule has 0 bridgehead atoms. The average Bonchev–Trinajstić information content (AvgIpc) is 4.27. The van der Waals surface area contributed by atoms with Gasteiger partial charge in [0.2, 0.25) is 0 Å². The minimum Gasteiger partial charge on any atom is -0.491 e. The van der Waals surface area contributed by atoms with E-state index in [1.807, 2.05) is 32.9 Å². The van der Waals surface area contributed by atoms with Gasteiger partial charge in [0.15, 0.2) is 0 Å². The zero-order valence-corrected chi connectivity index (χ0v) is 46.2. The van der Waals surface area contributed by atoms with Gasteiger partial charge in [-0.3, -0.25) is 0 Å². The predicted octanol–water partition coefficient (Wildman–Crippen LogP) is 13.3. The Morgan fingerprint density at radius 1 is 0.500 bits per heavy atom. The van der Waals surface area contributed by atoms with Crippen molar-refractivity contribution in [3.8, 4) is 33.7 Å². The molecule has 7 aromatic rings. The normalized spacial score (nSPS) is 15.6. The third-order valence-electron chi connectivity index (χ3n) is 16.1. The quantitative estimate of drug-likeness (QED) is 0.0423. The lowest BCUT2D eigenvalue weighted by Crippen LogP contribution is -2.30. The molecule has 11 nitrogen and oxygen atoms in total. The molecule has 0 fully saturated rings. The number of aromatic nitrogens is 1. The van der Waals surface area contributed by atoms with E-state index in [4.69, 9.17) is 37.9 Å². The Bertz CT molecular complexity index is 3110. The molecule has 410 valence electrons. The number of allylic oxidation sites excluding steroid dienone is 1. The molecular weight excluding hydrogens is 977 g/mol. The van der Waals surface area contributed by atoms with Crippen LogP contribution in [0.2, 0.25) is 0 Å². The standard InChI is InChI=1S/C67H78N2O9/c1-5-72-39-42-75-35-31-66(30-34-70)60-17-11-8-14-54(60)56-27-22-51(47-62(56)66)68(50-24-29-65-59(46-50)58-16-10-13-19-64(58)69(65)49-20-25-53(26-21-49)78-45-38-71-4)52-23-28-57-55-15-9-12-18-61(55)67(63(57)48-52,32-36-76-43-40-73-6-2)33-37-77-44-41-74-7-3/h8-9,11-15,17-29,46-48,70H,5-7,10,16,30-45H2,1-4H3. The Balaban J connectivity index is 1.13. The third-order valence-corrected chi connectivity index (χ3v) is 16.1. The molecule has 1 N–H and O–H groups in total. The first-order valence-electron chi connectivity index (χ1n) is 28.4. The number of hydrogen-bond donors (Lipinski definition) is 1. The lowest BCUT2D eigenvalue weighted by atomic mass is 9.73. The first kappa shape index (κ1) is 55.2. The van der Waals surface area contributed by atoms with Gasteiger partial charge in [0, 0.05) is 98.0 Å². The van der Waals surface area contributed by atoms with E-state index < -0.39 is 10.8 Å². The van der Waals surface area contributed by atoms with E-state index in [1.165, 1.54) is 61.2 Å². The second-order valence-electron chi connectivity index (χ2n) is 20.4. The van der Waals surface area contributed by atoms with Crippen LogP contribution in [0.25, 0.3) is 44.9 Å². The molecule has 0 radical (unpaired) electrons. The molecule has 3 aliphatic carbocycles. The molecule has 1 unspecified atom stereocenters. The molecule has 0 saturated heterocycles. The zero-order chi connectivity index (χ0) is 53.7. The lowest BCUT2D eigenvalue weighted by Gasteiger charge is -2.34. The van der Waals surface area contributed by atoms with Crippen molar-refractivity contribution in [2.45, 2.75) is 70.1 Å². The van der Waals surface area contributed by atoms with Gasteiger partial charge in [0.05, 0.1) is 51.8 Å². The molecule has 1 aromatic heterocycles. The number of aryl methyl sites for hydroxylation is 1. The van der Waals surface area contributed by atoms with E-state index in [0.29, 0.717) is 105 Å². The number of hydrogen-bond acceptors (Lipinski definition) is 10. The second kappa shape index (κ2) is 26.2. The molecule has 0 spiro atoms. The van der Waals surface area contributed by atoms with Crippen molar-refractivity contribution >= 4 is 34.0 Å². The number of fused-ring (bicyclic) bond motifs is 9. The van der Waals surface area contributed by atoms with Crippen LogP contribution in [0, 0.1) is 0 Å². The van der Waals surface area contributed by atoms with Crippen LogP contribution in [-0.2, 0) is 50.4 Å². The van der Waals surface area contributed by atoms with E-state index in [9.17, 15) is 5.11 Å². The average molecular weight is 1060 g/mol. The minimum atomic E-state index is -0.482. The minimum absolute atomic E-state index is 0.0373. The summed E-state index contributed by atoms with van der Waals surface area (Å²) in [5, 5.41) is 12.2. The number of benzene rings is 6. The SMILES string of the molecule is CCOCCOCCC1(CCO)c2ccccc2-c2ccc(N(c3ccc4c(c3)C(CCOCCOCC)(CCOCCOCC)c3ccccc3-4)c3ccc4c(c3)c3c(n4-c4ccc(OCCOC)cc4)C=CCC3)cc21. The van der Waals surface area contributed by atoms with Crippen molar-refractivity contribution in [2.24, 2.45) is 0 Å². The van der Waals surface area contributed by atoms with E-state index in [1.54, 1.807) is 7.11 Å². The van der Waals surface area contributed by atoms with Gasteiger partial charge in [-0.2, -0.15) is 0 Å². The number of aliphatic hydroxyl groups excluding tert-OH is 1. The molecule has 1 atom stereocenters. The van der Waals surface area contributed by atoms with Gasteiger partial charge in [-0.1, -0.05) is 66.7 Å². The molecule has 6 aromatic carbocycles. The van der Waals surface area contributed by atoms with Crippen LogP contribution >= 0.6 is 0 Å². The van der Waals surface area contributed by atoms with Crippen molar-refractivity contribution in [1.29, 1.82) is 0 Å². The lowest BCUT2D eigenvalue weighted by molar-refractivity contribution is 0.0356. The van der Waals surface area contributed by atoms with Crippen LogP contribution in [0.5, 0.6) is 5.75 Å². The summed E-state index contributed by atoms with van der Waals surface area (Å²) >= 11 is 0. The zero-order valence-electron chi connectivity index (χ0n) is 46.2. The van der Waals surface area contributed by atoms with Gasteiger partial charge in [-0.25, -0.2) is 0 Å². The highest BCUT2D eigenvalue weighted by Crippen LogP contribution is 2.57. The largest absolute Gasteiger partial charge is 0.491 e. The Morgan fingerprint density at radius 3 is 1.54 bits per heavy atom. The molecule has 78 heavy (non-hydrogen) atoms. The van der Waals surface area contributed by atoms with Crippen LogP contribution in [0.3, 0.4) is 0 Å². The Hall–Kier alpha value is -6.12. The highest BCUT2D eigenvalue weighted by atomic mass is 16.5. The van der Waals surface area contributed by atoms with E-state index in [0.717, 1.165) is 59.7 Å². The number of ether oxygens (including phenoxy) is 8. The van der Waals surface area contributed by atoms with Crippen molar-refractivity contribution in [3.63, 3.8) is 0 Å². The highest BCUT2D eigenvalue weighted by molar-refractivity contribution is 5.96. The van der Waals surface area contributed by atoms with Crippen LogP contribution in [0.1, 0.15) is 86.4 Å². The fraction of sp³-hybridized carbons (Fsp3) is 0.403. The van der Waals surface area contributed by atoms with Gasteiger partial charge >= 0.3 is 0 Å². The van der Waals surface area contributed by atoms with Crippen molar-refractivity contribution in [2.75, 3.05) is 111 Å². The summed E-state index contributed by atoms with van der Waals surface area (Å²) in [4.78, 5) is 2.46. The molecule has 1 heterocycles. The van der Waals surface area contributed by atoms with Crippen molar-refractivity contribution in [3.05, 3.63) is 167 Å². The summed E-state index contributed by atoms with van der Waals surface area (Å²) in [6.45, 7) is 14.0. The highest BCUT2D eigenvalue weighted by Gasteiger charge is 2.45. The van der Waals surface area contributed by atoms with Crippen molar-refractivity contribution in [1.82, 2.24) is 4.57 Å². The maximum absolute atomic E-state index is 11.0. The predicted molar refractivity (Wildman–Crippen MR) is 313 cm³/mol. The number of aliphatic hydroxyl groups is 1. The number of nitrogens with zero attached hydrogens (tertiary/aromatic N) is 2. The Labute approximate surface area is 461 Å². The number of rotatable bonds is 31. The van der Waals surface area contributed by atoms with Crippen LogP contribution in [0.4, 0.5) is 17.1 Å². The van der Waals surface area contributed by atoms with E-state index in [2.05, 4.69) is 137 Å². The van der Waals surface area contributed by atoms with Crippen LogP contribution in [-0.4, -0.2) is 116 Å². The molecular formula is C67H78N2O9. The summed E-state index contributed by atoms with van der Waals surface area (Å²) in [6, 6.07) is 47.2. The topological polar surface area (TPSA) is 102 Å². The summed E-state index contributed by atoms with van der Waals surface area (Å²) in [5.41, 5.74) is 16.9. The first-order valence-corrected chi connectivity index (χ1v) is 28.4. The maximum atomic E-state index is 11.0. The van der Waals surface area contributed by atoms with Crippen LogP contribution < -0.4 is 9.64 Å². The summed E-state index contributed by atoms with van der Waals surface area (Å²) in [5.74, 6) is 0.814. The van der Waals surface area contributed by atoms with Gasteiger partial charge < -0.3 is 52.5 Å². The fourth-order valence-electron chi connectivity index (χ4n) is 12.5. The summed E-state index contributed by atoms with van der Waals surface area (Å²) in [6.07, 6.45) is 9.31. The molecule has 0 amide bonds. The fourth-order valence-corrected chi connectivity index (χ4v) is 12.5. The van der Waals surface area contributed by atoms with Gasteiger partial charge in [-0.05, 0) is 182 Å². The van der Waals surface area contributed by atoms with Crippen LogP contribution in [0.15, 0.2) is 133 Å².